The molecule has 0 aromatic heterocycles. The molecule has 14 heteroatoms. The number of benzene rings is 2. The monoisotopic (exact) mass is 666 g/mol. The number of sulfonamides is 1. The normalized spacial score (nSPS) is 15.2. The van der Waals surface area contributed by atoms with Gasteiger partial charge in [-0.1, -0.05) is 66.7 Å². The summed E-state index contributed by atoms with van der Waals surface area (Å²) in [5, 5.41) is 13.4. The van der Waals surface area contributed by atoms with Gasteiger partial charge in [-0.25, -0.2) is 13.1 Å². The van der Waals surface area contributed by atoms with Crippen molar-refractivity contribution in [1.29, 1.82) is 5.41 Å². The van der Waals surface area contributed by atoms with E-state index in [9.17, 15) is 22.8 Å². The molecule has 0 heterocycles. The summed E-state index contributed by atoms with van der Waals surface area (Å²) in [7, 11) is -0.840. The summed E-state index contributed by atoms with van der Waals surface area (Å²) in [5.74, 6) is -2.52. The van der Waals surface area contributed by atoms with Gasteiger partial charge in [0.25, 0.3) is 0 Å². The second-order valence-electron chi connectivity index (χ2n) is 10.9. The Morgan fingerprint density at radius 2 is 1.61 bits per heavy atom. The molecular formula is C30H40Cl2N6O5S. The number of carbonyl (C=O) groups is 3. The minimum absolute atomic E-state index is 0.0524. The molecule has 44 heavy (non-hydrogen) atoms. The summed E-state index contributed by atoms with van der Waals surface area (Å²) in [6.45, 7) is 0.223. The molecule has 1 fully saturated rings. The van der Waals surface area contributed by atoms with Crippen LogP contribution in [0.5, 0.6) is 0 Å². The van der Waals surface area contributed by atoms with Crippen molar-refractivity contribution < 1.29 is 22.8 Å². The Labute approximate surface area is 268 Å². The van der Waals surface area contributed by atoms with Crippen LogP contribution in [0.15, 0.2) is 47.4 Å². The van der Waals surface area contributed by atoms with E-state index in [2.05, 4.69) is 15.4 Å². The number of nitrogen functional groups attached to an aromatic ring is 1. The van der Waals surface area contributed by atoms with E-state index >= 15 is 0 Å². The Morgan fingerprint density at radius 3 is 2.18 bits per heavy atom. The first-order valence-corrected chi connectivity index (χ1v) is 16.7. The lowest BCUT2D eigenvalue weighted by Gasteiger charge is -2.37. The van der Waals surface area contributed by atoms with E-state index in [1.54, 1.807) is 31.3 Å². The van der Waals surface area contributed by atoms with Crippen LogP contribution < -0.4 is 21.1 Å². The van der Waals surface area contributed by atoms with Crippen LogP contribution in [0.3, 0.4) is 0 Å². The molecule has 240 valence electrons. The molecule has 1 saturated carbocycles. The maximum absolute atomic E-state index is 13.8. The van der Waals surface area contributed by atoms with Gasteiger partial charge in [-0.2, -0.15) is 0 Å². The zero-order valence-corrected chi connectivity index (χ0v) is 27.2. The molecule has 11 nitrogen and oxygen atoms in total. The fraction of sp³-hybridized carbons (Fsp3) is 0.467. The zero-order valence-electron chi connectivity index (χ0n) is 24.9. The molecule has 2 atom stereocenters. The first-order valence-electron chi connectivity index (χ1n) is 14.5. The summed E-state index contributed by atoms with van der Waals surface area (Å²) in [6.07, 6.45) is 4.88. The number of rotatable bonds is 14. The first kappa shape index (κ1) is 35.3. The second kappa shape index (κ2) is 16.2. The summed E-state index contributed by atoms with van der Waals surface area (Å²) >= 11 is 11.9. The van der Waals surface area contributed by atoms with Crippen LogP contribution in [0.25, 0.3) is 0 Å². The van der Waals surface area contributed by atoms with Crippen molar-refractivity contribution in [3.8, 4) is 0 Å². The van der Waals surface area contributed by atoms with E-state index < -0.39 is 33.8 Å². The highest BCUT2D eigenvalue weighted by atomic mass is 35.5. The van der Waals surface area contributed by atoms with Crippen LogP contribution in [-0.2, 0) is 30.8 Å². The van der Waals surface area contributed by atoms with Crippen LogP contribution in [0.4, 0.5) is 0 Å². The van der Waals surface area contributed by atoms with Crippen molar-refractivity contribution in [3.63, 3.8) is 0 Å². The van der Waals surface area contributed by atoms with E-state index in [-0.39, 0.29) is 52.1 Å². The third-order valence-corrected chi connectivity index (χ3v) is 9.66. The van der Waals surface area contributed by atoms with Crippen molar-refractivity contribution in [1.82, 2.24) is 20.3 Å². The lowest BCUT2D eigenvalue weighted by molar-refractivity contribution is -0.148. The Bertz CT molecular complexity index is 1430. The Kier molecular flexibility index (Phi) is 13.0. The molecular weight excluding hydrogens is 627 g/mol. The molecule has 0 bridgehead atoms. The van der Waals surface area contributed by atoms with Gasteiger partial charge in [0.1, 0.15) is 17.8 Å². The van der Waals surface area contributed by atoms with Crippen molar-refractivity contribution in [2.75, 3.05) is 27.2 Å². The summed E-state index contributed by atoms with van der Waals surface area (Å²) in [5.41, 5.74) is 6.79. The smallest absolute Gasteiger partial charge is 0.243 e. The molecule has 1 aliphatic carbocycles. The van der Waals surface area contributed by atoms with Crippen LogP contribution in [0, 0.1) is 17.2 Å². The van der Waals surface area contributed by atoms with Gasteiger partial charge in [0.15, 0.2) is 0 Å². The molecule has 3 rings (SSSR count). The third kappa shape index (κ3) is 9.65. The minimum atomic E-state index is -3.86. The van der Waals surface area contributed by atoms with E-state index in [4.69, 9.17) is 34.3 Å². The first-order chi connectivity index (χ1) is 20.8. The zero-order chi connectivity index (χ0) is 32.4. The van der Waals surface area contributed by atoms with Crippen LogP contribution in [0.2, 0.25) is 10.0 Å². The number of nitrogens with zero attached hydrogens (tertiary/aromatic N) is 1. The predicted octanol–water partition coefficient (Wildman–Crippen LogP) is 3.07. The van der Waals surface area contributed by atoms with Gasteiger partial charge in [-0.15, -0.1) is 0 Å². The number of amidine groups is 1. The highest BCUT2D eigenvalue weighted by molar-refractivity contribution is 7.89. The van der Waals surface area contributed by atoms with E-state index in [1.807, 2.05) is 0 Å². The molecule has 1 aliphatic rings. The fourth-order valence-corrected chi connectivity index (χ4v) is 7.24. The number of hydrogen-bond donors (Lipinski definition) is 5. The van der Waals surface area contributed by atoms with E-state index in [0.717, 1.165) is 32.1 Å². The molecule has 0 spiro atoms. The molecule has 0 aliphatic heterocycles. The van der Waals surface area contributed by atoms with Crippen molar-refractivity contribution in [3.05, 3.63) is 63.6 Å². The number of amides is 3. The lowest BCUT2D eigenvalue weighted by atomic mass is 9.82. The fourth-order valence-electron chi connectivity index (χ4n) is 5.44. The maximum Gasteiger partial charge on any atom is 0.243 e. The number of nitrogens with one attached hydrogen (secondary N) is 4. The number of hydrogen-bond acceptors (Lipinski definition) is 6. The number of halogens is 2. The summed E-state index contributed by atoms with van der Waals surface area (Å²) < 4.78 is 27.7. The van der Waals surface area contributed by atoms with Crippen LogP contribution in [-0.4, -0.2) is 70.1 Å². The van der Waals surface area contributed by atoms with Gasteiger partial charge < -0.3 is 21.3 Å². The van der Waals surface area contributed by atoms with Crippen LogP contribution >= 0.6 is 23.2 Å². The Hall–Kier alpha value is -3.19. The molecule has 0 saturated heterocycles. The summed E-state index contributed by atoms with van der Waals surface area (Å²) in [6, 6.07) is 10.0. The number of carbonyl (C=O) groups excluding carboxylic acids is 3. The predicted molar refractivity (Wildman–Crippen MR) is 171 cm³/mol. The summed E-state index contributed by atoms with van der Waals surface area (Å²) in [4.78, 5) is 41.6. The van der Waals surface area contributed by atoms with Crippen molar-refractivity contribution in [2.45, 2.75) is 55.9 Å². The average molecular weight is 668 g/mol. The van der Waals surface area contributed by atoms with Gasteiger partial charge >= 0.3 is 0 Å². The quantitative estimate of drug-likeness (QED) is 0.0896. The highest BCUT2D eigenvalue weighted by Gasteiger charge is 2.39. The molecule has 1 unspecified atom stereocenters. The third-order valence-electron chi connectivity index (χ3n) is 7.79. The topological polar surface area (TPSA) is 175 Å². The van der Waals surface area contributed by atoms with Crippen LogP contribution in [0.1, 0.15) is 49.7 Å². The SMILES string of the molecule is CNC(=O)C(Cc1ccc(C(=N)N)cc1)C(=O)N(C)[C@H](C(=O)NCCCNS(=O)(=O)c1cc(Cl)cc(Cl)c1)C1CCCCC1. The van der Waals surface area contributed by atoms with Gasteiger partial charge in [0.05, 0.1) is 4.90 Å². The van der Waals surface area contributed by atoms with Crippen molar-refractivity contribution in [2.24, 2.45) is 17.6 Å². The van der Waals surface area contributed by atoms with E-state index in [0.29, 0.717) is 17.5 Å². The maximum atomic E-state index is 13.8. The van der Waals surface area contributed by atoms with Gasteiger partial charge in [0.2, 0.25) is 27.7 Å². The second-order valence-corrected chi connectivity index (χ2v) is 13.6. The van der Waals surface area contributed by atoms with Gasteiger partial charge in [-0.05, 0) is 55.4 Å². The molecule has 2 aromatic rings. The molecule has 2 aromatic carbocycles. The minimum Gasteiger partial charge on any atom is -0.384 e. The molecule has 3 amide bonds. The van der Waals surface area contributed by atoms with E-state index in [1.165, 1.54) is 30.1 Å². The number of likely N-dealkylation sites (N-methyl/N-ethyl adjacent to an activating group) is 1. The average Bonchev–Trinajstić information content (AvgIpc) is 2.99. The Morgan fingerprint density at radius 1 is 1.00 bits per heavy atom. The molecule has 0 radical (unpaired) electrons. The number of nitrogens with two attached hydrogens (primary N) is 1. The van der Waals surface area contributed by atoms with Gasteiger partial charge in [0, 0.05) is 42.8 Å². The Balaban J connectivity index is 1.68. The molecule has 6 N–H and O–H groups in total. The van der Waals surface area contributed by atoms with Crippen molar-refractivity contribution >= 4 is 56.8 Å². The highest BCUT2D eigenvalue weighted by Crippen LogP contribution is 2.30. The largest absolute Gasteiger partial charge is 0.384 e. The lowest BCUT2D eigenvalue weighted by Crippen LogP contribution is -2.55. The van der Waals surface area contributed by atoms with Gasteiger partial charge in [-0.3, -0.25) is 19.8 Å². The standard InChI is InChI=1S/C30H40Cl2N6O5S/c1-35-28(39)25(15-19-9-11-21(12-10-19)27(33)34)30(41)38(2)26(20-7-4-3-5-8-20)29(40)36-13-6-14-37-44(42,43)24-17-22(31)16-23(32)18-24/h9-12,16-18,20,25-26,37H,3-8,13-15H2,1-2H3,(H3,33,34)(H,35,39)(H,36,40)/t25?,26-/m0/s1.